The van der Waals surface area contributed by atoms with Crippen molar-refractivity contribution in [3.8, 4) is 0 Å². The van der Waals surface area contributed by atoms with Crippen molar-refractivity contribution in [2.75, 3.05) is 0 Å². The lowest BCUT2D eigenvalue weighted by Crippen LogP contribution is -2.32. The molecule has 0 spiro atoms. The molecule has 0 saturated carbocycles. The summed E-state index contributed by atoms with van der Waals surface area (Å²) in [6.45, 7) is -2.80. The highest BCUT2D eigenvalue weighted by atomic mass is 16.2. The van der Waals surface area contributed by atoms with Crippen molar-refractivity contribution in [3.05, 3.63) is 27.2 Å². The van der Waals surface area contributed by atoms with E-state index in [0.717, 1.165) is 0 Å². The van der Waals surface area contributed by atoms with E-state index in [2.05, 4.69) is 15.0 Å². The van der Waals surface area contributed by atoms with E-state index in [1.165, 1.54) is 6.33 Å². The van der Waals surface area contributed by atoms with Crippen molar-refractivity contribution < 1.29 is 4.11 Å². The molecule has 6 heteroatoms. The third-order valence-corrected chi connectivity index (χ3v) is 1.48. The predicted molar refractivity (Wildman–Crippen MR) is 42.0 cm³/mol. The molecule has 0 bridgehead atoms. The van der Waals surface area contributed by atoms with Gasteiger partial charge in [0.15, 0.2) is 5.65 Å². The fourth-order valence-electron chi connectivity index (χ4n) is 0.913. The van der Waals surface area contributed by atoms with Gasteiger partial charge in [-0.2, -0.15) is 0 Å². The molecule has 0 fully saturated rings. The molecule has 0 saturated heterocycles. The molecular weight excluding hydrogens is 160 g/mol. The summed E-state index contributed by atoms with van der Waals surface area (Å²) in [6, 6.07) is 0. The van der Waals surface area contributed by atoms with Crippen LogP contribution in [0.3, 0.4) is 0 Å². The highest BCUT2D eigenvalue weighted by molar-refractivity contribution is 5.67. The van der Waals surface area contributed by atoms with Gasteiger partial charge in [0.2, 0.25) is 0 Å². The van der Waals surface area contributed by atoms with Crippen LogP contribution in [-0.2, 0) is 6.98 Å². The van der Waals surface area contributed by atoms with E-state index in [9.17, 15) is 9.59 Å². The predicted octanol–water partition coefficient (Wildman–Crippen LogP) is -1.05. The zero-order valence-corrected chi connectivity index (χ0v) is 5.79. The molecule has 0 atom stereocenters. The van der Waals surface area contributed by atoms with Crippen molar-refractivity contribution in [2.45, 2.75) is 0 Å². The van der Waals surface area contributed by atoms with Gasteiger partial charge in [-0.25, -0.2) is 9.78 Å². The number of nitrogens with one attached hydrogen (secondary N) is 2. The molecule has 2 aromatic heterocycles. The Kier molecular flexibility index (Phi) is 0.731. The van der Waals surface area contributed by atoms with E-state index in [0.29, 0.717) is 0 Å². The highest BCUT2D eigenvalue weighted by Gasteiger charge is 2.04. The molecule has 2 aromatic rings. The third kappa shape index (κ3) is 0.714. The van der Waals surface area contributed by atoms with E-state index >= 15 is 0 Å². The van der Waals surface area contributed by atoms with Crippen LogP contribution in [0.4, 0.5) is 0 Å². The van der Waals surface area contributed by atoms with E-state index in [1.807, 2.05) is 0 Å². The van der Waals surface area contributed by atoms with Crippen molar-refractivity contribution in [1.82, 2.24) is 19.5 Å². The molecule has 2 N–H and O–H groups in total. The van der Waals surface area contributed by atoms with Crippen LogP contribution < -0.4 is 11.2 Å². The van der Waals surface area contributed by atoms with Crippen molar-refractivity contribution in [3.63, 3.8) is 0 Å². The lowest BCUT2D eigenvalue weighted by molar-refractivity contribution is 0.790. The first-order chi connectivity index (χ1) is 6.91. The Bertz CT molecular complexity index is 620. The van der Waals surface area contributed by atoms with Crippen LogP contribution in [0.25, 0.3) is 11.2 Å². The Labute approximate surface area is 70.1 Å². The normalized spacial score (nSPS) is 15.5. The van der Waals surface area contributed by atoms with Crippen molar-refractivity contribution in [1.29, 1.82) is 0 Å². The number of imidazole rings is 1. The van der Waals surface area contributed by atoms with Gasteiger partial charge in [0.1, 0.15) is 5.52 Å². The van der Waals surface area contributed by atoms with Crippen molar-refractivity contribution >= 4 is 11.2 Å². The summed E-state index contributed by atoms with van der Waals surface area (Å²) in [7, 11) is 0. The Balaban J connectivity index is 2.98. The minimum absolute atomic E-state index is 0.0364. The molecule has 0 unspecified atom stereocenters. The smallest absolute Gasteiger partial charge is 0.329 e. The topological polar surface area (TPSA) is 83.5 Å². The summed E-state index contributed by atoms with van der Waals surface area (Å²) < 4.78 is 21.2. The van der Waals surface area contributed by atoms with Gasteiger partial charge in [0.05, 0.1) is 6.33 Å². The lowest BCUT2D eigenvalue weighted by Gasteiger charge is -1.93. The average molecular weight is 169 g/mol. The Morgan fingerprint density at radius 2 is 2.50 bits per heavy atom. The molecule has 0 radical (unpaired) electrons. The van der Waals surface area contributed by atoms with Crippen LogP contribution in [0.15, 0.2) is 15.9 Å². The van der Waals surface area contributed by atoms with Crippen LogP contribution in [0, 0.1) is 0 Å². The molecule has 12 heavy (non-hydrogen) atoms. The molecular formula is C6H6N4O2. The number of hydrogen-bond donors (Lipinski definition) is 2. The standard InChI is InChI=1S/C6H6N4O2/c1-10-5(11)3-4(8-2-7-3)9-6(10)12/h2H,1H3,(H,7,8)(H,9,12)/i1D3. The summed E-state index contributed by atoms with van der Waals surface area (Å²) in [5.41, 5.74) is -1.90. The number of aromatic nitrogens is 4. The molecule has 0 aliphatic rings. The first-order valence-corrected chi connectivity index (χ1v) is 3.10. The summed E-state index contributed by atoms with van der Waals surface area (Å²) >= 11 is 0. The minimum Gasteiger partial charge on any atom is -0.339 e. The maximum Gasteiger partial charge on any atom is 0.329 e. The molecule has 62 valence electrons. The number of hydrogen-bond acceptors (Lipinski definition) is 3. The van der Waals surface area contributed by atoms with E-state index in [4.69, 9.17) is 4.11 Å². The summed E-state index contributed by atoms with van der Waals surface area (Å²) in [4.78, 5) is 31.2. The van der Waals surface area contributed by atoms with Crippen LogP contribution in [0.5, 0.6) is 0 Å². The van der Waals surface area contributed by atoms with Gasteiger partial charge >= 0.3 is 5.69 Å². The summed E-state index contributed by atoms with van der Waals surface area (Å²) in [5.74, 6) is 0. The molecule has 2 rings (SSSR count). The van der Waals surface area contributed by atoms with Gasteiger partial charge in [-0.3, -0.25) is 14.3 Å². The largest absolute Gasteiger partial charge is 0.339 e. The first-order valence-electron chi connectivity index (χ1n) is 4.60. The molecule has 0 aromatic carbocycles. The first kappa shape index (κ1) is 4.24. The van der Waals surface area contributed by atoms with Gasteiger partial charge in [-0.05, 0) is 0 Å². The van der Waals surface area contributed by atoms with Crippen LogP contribution in [0.2, 0.25) is 0 Å². The second kappa shape index (κ2) is 2.07. The zero-order chi connectivity index (χ0) is 11.2. The van der Waals surface area contributed by atoms with Gasteiger partial charge in [0.25, 0.3) is 5.56 Å². The van der Waals surface area contributed by atoms with Crippen molar-refractivity contribution in [2.24, 2.45) is 6.98 Å². The molecule has 0 aliphatic heterocycles. The second-order valence-corrected chi connectivity index (χ2v) is 2.20. The number of fused-ring (bicyclic) bond motifs is 1. The fraction of sp³-hybridized carbons (Fsp3) is 0.167. The average Bonchev–Trinajstić information content (AvgIpc) is 2.48. The maximum atomic E-state index is 11.6. The number of H-pyrrole nitrogens is 2. The molecule has 0 aliphatic carbocycles. The minimum atomic E-state index is -2.80. The maximum absolute atomic E-state index is 11.6. The quantitative estimate of drug-likeness (QED) is 0.527. The molecule has 2 heterocycles. The van der Waals surface area contributed by atoms with Gasteiger partial charge in [0, 0.05) is 11.1 Å². The molecule has 6 nitrogen and oxygen atoms in total. The van der Waals surface area contributed by atoms with Crippen LogP contribution >= 0.6 is 0 Å². The van der Waals surface area contributed by atoms with E-state index in [1.54, 1.807) is 0 Å². The monoisotopic (exact) mass is 169 g/mol. The number of nitrogens with zero attached hydrogens (tertiary/aromatic N) is 2. The Morgan fingerprint density at radius 3 is 3.25 bits per heavy atom. The Hall–Kier alpha value is -1.85. The van der Waals surface area contributed by atoms with Gasteiger partial charge in [-0.15, -0.1) is 0 Å². The SMILES string of the molecule is [2H]C([2H])([2H])n1c(=O)[nH]c2nc[nH]c2c1=O. The van der Waals surface area contributed by atoms with E-state index in [-0.39, 0.29) is 15.7 Å². The molecule has 0 amide bonds. The third-order valence-electron chi connectivity index (χ3n) is 1.48. The van der Waals surface area contributed by atoms with E-state index < -0.39 is 18.2 Å². The van der Waals surface area contributed by atoms with Gasteiger partial charge < -0.3 is 4.98 Å². The van der Waals surface area contributed by atoms with Crippen LogP contribution in [0.1, 0.15) is 4.11 Å². The Morgan fingerprint density at radius 1 is 1.67 bits per heavy atom. The second-order valence-electron chi connectivity index (χ2n) is 2.20. The highest BCUT2D eigenvalue weighted by Crippen LogP contribution is 1.93. The van der Waals surface area contributed by atoms with Crippen LogP contribution in [-0.4, -0.2) is 19.5 Å². The zero-order valence-electron chi connectivity index (χ0n) is 8.79. The lowest BCUT2D eigenvalue weighted by atomic mass is 10.5. The summed E-state index contributed by atoms with van der Waals surface area (Å²) in [6.07, 6.45) is 1.20. The van der Waals surface area contributed by atoms with Gasteiger partial charge in [-0.1, -0.05) is 0 Å². The number of aromatic amines is 2. The number of rotatable bonds is 0. The fourth-order valence-corrected chi connectivity index (χ4v) is 0.913. The summed E-state index contributed by atoms with van der Waals surface area (Å²) in [5, 5.41) is 0.